The smallest absolute Gasteiger partial charge is 0.411 e. The van der Waals surface area contributed by atoms with Crippen LogP contribution in [0.4, 0.5) is 4.79 Å². The van der Waals surface area contributed by atoms with E-state index in [-0.39, 0.29) is 0 Å². The zero-order valence-electron chi connectivity index (χ0n) is 15.4. The Morgan fingerprint density at radius 3 is 2.44 bits per heavy atom. The van der Waals surface area contributed by atoms with Crippen LogP contribution in [0.1, 0.15) is 38.8 Å². The summed E-state index contributed by atoms with van der Waals surface area (Å²) in [6.07, 6.45) is 3.57. The van der Waals surface area contributed by atoms with Gasteiger partial charge in [0.05, 0.1) is 12.7 Å². The number of carbonyl (C=O) groups excluding carboxylic acids is 2. The average Bonchev–Trinajstić information content (AvgIpc) is 3.01. The molecule has 1 aromatic carbocycles. The number of likely N-dealkylation sites (N-methyl/N-ethyl adjacent to an activating group) is 1. The van der Waals surface area contributed by atoms with Crippen LogP contribution in [0.15, 0.2) is 42.7 Å². The fraction of sp³-hybridized carbons (Fsp3) is 0.421. The van der Waals surface area contributed by atoms with Gasteiger partial charge in [-0.3, -0.25) is 9.58 Å². The Morgan fingerprint density at radius 1 is 1.24 bits per heavy atom. The number of rotatable bonds is 5. The van der Waals surface area contributed by atoms with E-state index in [0.717, 1.165) is 11.8 Å². The maximum absolute atomic E-state index is 12.4. The molecule has 0 radical (unpaired) electrons. The molecule has 1 amide bonds. The van der Waals surface area contributed by atoms with Gasteiger partial charge in [-0.25, -0.2) is 4.79 Å². The number of carbonyl (C=O) groups is 2. The van der Waals surface area contributed by atoms with E-state index in [4.69, 9.17) is 4.74 Å². The first-order chi connectivity index (χ1) is 11.7. The van der Waals surface area contributed by atoms with Crippen LogP contribution < -0.4 is 0 Å². The molecule has 0 saturated carbocycles. The van der Waals surface area contributed by atoms with Crippen LogP contribution in [0.3, 0.4) is 0 Å². The number of amides is 1. The summed E-state index contributed by atoms with van der Waals surface area (Å²) in [5, 5.41) is 4.32. The molecule has 0 aliphatic heterocycles. The minimum absolute atomic E-state index is 0.557. The lowest BCUT2D eigenvalue weighted by atomic mass is 9.95. The van der Waals surface area contributed by atoms with Gasteiger partial charge in [0.15, 0.2) is 0 Å². The molecular formula is C19H25N3O3. The van der Waals surface area contributed by atoms with Crippen molar-refractivity contribution in [1.29, 1.82) is 0 Å². The van der Waals surface area contributed by atoms with Gasteiger partial charge in [0.25, 0.3) is 0 Å². The zero-order valence-corrected chi connectivity index (χ0v) is 15.4. The van der Waals surface area contributed by atoms with Gasteiger partial charge in [0.1, 0.15) is 17.4 Å². The topological polar surface area (TPSA) is 64.4 Å². The van der Waals surface area contributed by atoms with Crippen molar-refractivity contribution in [3.8, 4) is 0 Å². The first-order valence-corrected chi connectivity index (χ1v) is 8.16. The van der Waals surface area contributed by atoms with Crippen molar-refractivity contribution in [1.82, 2.24) is 14.7 Å². The monoisotopic (exact) mass is 343 g/mol. The lowest BCUT2D eigenvalue weighted by Crippen LogP contribution is -2.48. The normalized spacial score (nSPS) is 13.8. The molecular weight excluding hydrogens is 318 g/mol. The van der Waals surface area contributed by atoms with E-state index >= 15 is 0 Å². The fourth-order valence-corrected chi connectivity index (χ4v) is 2.34. The van der Waals surface area contributed by atoms with Gasteiger partial charge in [-0.2, -0.15) is 5.10 Å². The predicted molar refractivity (Wildman–Crippen MR) is 95.2 cm³/mol. The van der Waals surface area contributed by atoms with Crippen molar-refractivity contribution in [3.63, 3.8) is 0 Å². The summed E-state index contributed by atoms with van der Waals surface area (Å²) in [6.45, 7) is 7.62. The van der Waals surface area contributed by atoms with E-state index in [0.29, 0.717) is 12.1 Å². The van der Waals surface area contributed by atoms with Crippen molar-refractivity contribution in [2.75, 3.05) is 7.05 Å². The molecule has 0 bridgehead atoms. The van der Waals surface area contributed by atoms with Gasteiger partial charge in [0, 0.05) is 18.8 Å². The molecule has 134 valence electrons. The minimum Gasteiger partial charge on any atom is -0.444 e. The first-order valence-electron chi connectivity index (χ1n) is 8.16. The summed E-state index contributed by atoms with van der Waals surface area (Å²) in [5.41, 5.74) is -0.0542. The number of aldehydes is 1. The molecule has 0 fully saturated rings. The summed E-state index contributed by atoms with van der Waals surface area (Å²) in [5.74, 6) is 0. The summed E-state index contributed by atoms with van der Waals surface area (Å²) in [7, 11) is 1.55. The highest BCUT2D eigenvalue weighted by Gasteiger charge is 2.37. The molecule has 6 heteroatoms. The second-order valence-corrected chi connectivity index (χ2v) is 7.22. The van der Waals surface area contributed by atoms with Crippen molar-refractivity contribution in [2.45, 2.75) is 45.4 Å². The number of ether oxygens (including phenoxy) is 1. The largest absolute Gasteiger partial charge is 0.444 e. The number of benzene rings is 1. The van der Waals surface area contributed by atoms with Crippen LogP contribution in [-0.2, 0) is 21.6 Å². The third-order valence-electron chi connectivity index (χ3n) is 4.00. The Bertz CT molecular complexity index is 734. The van der Waals surface area contributed by atoms with Crippen molar-refractivity contribution < 1.29 is 14.3 Å². The average molecular weight is 343 g/mol. The Morgan fingerprint density at radius 2 is 1.88 bits per heavy atom. The molecule has 2 rings (SSSR count). The second kappa shape index (κ2) is 7.09. The lowest BCUT2D eigenvalue weighted by Gasteiger charge is -2.34. The highest BCUT2D eigenvalue weighted by Crippen LogP contribution is 2.26. The van der Waals surface area contributed by atoms with E-state index in [1.54, 1.807) is 51.8 Å². The second-order valence-electron chi connectivity index (χ2n) is 7.22. The molecule has 0 spiro atoms. The van der Waals surface area contributed by atoms with Crippen LogP contribution in [0.5, 0.6) is 0 Å². The maximum atomic E-state index is 12.4. The van der Waals surface area contributed by atoms with Crippen LogP contribution in [0.2, 0.25) is 0 Å². The summed E-state index contributed by atoms with van der Waals surface area (Å²) in [6, 6.07) is 9.90. The Labute approximate surface area is 148 Å². The molecule has 6 nitrogen and oxygen atoms in total. The fourth-order valence-electron chi connectivity index (χ4n) is 2.34. The van der Waals surface area contributed by atoms with Gasteiger partial charge < -0.3 is 9.53 Å². The molecule has 1 heterocycles. The van der Waals surface area contributed by atoms with Gasteiger partial charge in [-0.1, -0.05) is 30.3 Å². The van der Waals surface area contributed by atoms with Crippen LogP contribution in [-0.4, -0.2) is 39.7 Å². The van der Waals surface area contributed by atoms with Crippen molar-refractivity contribution in [3.05, 3.63) is 53.9 Å². The molecule has 0 saturated heterocycles. The molecule has 0 aliphatic rings. The minimum atomic E-state index is -1.16. The lowest BCUT2D eigenvalue weighted by molar-refractivity contribution is -0.117. The number of hydrogen-bond acceptors (Lipinski definition) is 4. The maximum Gasteiger partial charge on any atom is 0.411 e. The predicted octanol–water partition coefficient (Wildman–Crippen LogP) is 3.21. The summed E-state index contributed by atoms with van der Waals surface area (Å²) >= 11 is 0. The van der Waals surface area contributed by atoms with E-state index in [1.165, 1.54) is 4.90 Å². The molecule has 0 aliphatic carbocycles. The molecule has 1 atom stereocenters. The van der Waals surface area contributed by atoms with Gasteiger partial charge >= 0.3 is 6.09 Å². The SMILES string of the molecule is CN(C(=O)OC(C)(C)C)C(C)(C=O)c1cnn(Cc2ccccc2)c1. The molecule has 0 N–H and O–H groups in total. The van der Waals surface area contributed by atoms with Crippen LogP contribution in [0, 0.1) is 0 Å². The number of aromatic nitrogens is 2. The van der Waals surface area contributed by atoms with Gasteiger partial charge in [-0.15, -0.1) is 0 Å². The molecule has 2 aromatic rings. The highest BCUT2D eigenvalue weighted by atomic mass is 16.6. The number of nitrogens with zero attached hydrogens (tertiary/aromatic N) is 3. The quantitative estimate of drug-likeness (QED) is 0.782. The van der Waals surface area contributed by atoms with Crippen LogP contribution in [0.25, 0.3) is 0 Å². The van der Waals surface area contributed by atoms with Gasteiger partial charge in [0.2, 0.25) is 0 Å². The summed E-state index contributed by atoms with van der Waals surface area (Å²) in [4.78, 5) is 25.5. The standard InChI is InChI=1S/C19H25N3O3/c1-18(2,3)25-17(24)21(5)19(4,14-23)16-11-20-22(13-16)12-15-9-7-6-8-10-15/h6-11,13-14H,12H2,1-5H3. The van der Waals surface area contributed by atoms with Crippen LogP contribution >= 0.6 is 0 Å². The highest BCUT2D eigenvalue weighted by molar-refractivity contribution is 5.77. The van der Waals surface area contributed by atoms with E-state index < -0.39 is 17.2 Å². The van der Waals surface area contributed by atoms with Crippen molar-refractivity contribution in [2.24, 2.45) is 0 Å². The summed E-state index contributed by atoms with van der Waals surface area (Å²) < 4.78 is 7.12. The Hall–Kier alpha value is -2.63. The third-order valence-corrected chi connectivity index (χ3v) is 4.00. The van der Waals surface area contributed by atoms with Gasteiger partial charge in [-0.05, 0) is 33.3 Å². The number of hydrogen-bond donors (Lipinski definition) is 0. The molecule has 25 heavy (non-hydrogen) atoms. The van der Waals surface area contributed by atoms with Crippen molar-refractivity contribution >= 4 is 12.4 Å². The molecule has 1 unspecified atom stereocenters. The molecule has 1 aromatic heterocycles. The Kier molecular flexibility index (Phi) is 5.30. The first kappa shape index (κ1) is 18.7. The van der Waals surface area contributed by atoms with E-state index in [2.05, 4.69) is 5.10 Å². The van der Waals surface area contributed by atoms with E-state index in [1.807, 2.05) is 30.3 Å². The third kappa shape index (κ3) is 4.47. The zero-order chi connectivity index (χ0) is 18.7. The van der Waals surface area contributed by atoms with E-state index in [9.17, 15) is 9.59 Å². The Balaban J connectivity index is 2.21.